The minimum Gasteiger partial charge on any atom is -0.507 e. The first-order chi connectivity index (χ1) is 17.3. The first kappa shape index (κ1) is 25.7. The number of carbonyl (C=O) groups is 2. The van der Waals surface area contributed by atoms with Gasteiger partial charge < -0.3 is 19.6 Å². The summed E-state index contributed by atoms with van der Waals surface area (Å²) in [5.74, 6) is -0.796. The van der Waals surface area contributed by atoms with Crippen molar-refractivity contribution < 1.29 is 19.4 Å². The highest BCUT2D eigenvalue weighted by molar-refractivity contribution is 9.10. The SMILES string of the molecule is Cc1cc(C(O)=C2C(=O)C(=O)N(CCN(C)C)C2c2cccc(Br)c2)ccc1OCc1ccccc1. The molecule has 1 saturated heterocycles. The van der Waals surface area contributed by atoms with E-state index in [2.05, 4.69) is 15.9 Å². The maximum absolute atomic E-state index is 13.2. The molecule has 0 saturated carbocycles. The first-order valence-electron chi connectivity index (χ1n) is 11.7. The number of amides is 1. The number of Topliss-reactive ketones (excluding diaryl/α,β-unsaturated/α-hetero) is 1. The van der Waals surface area contributed by atoms with Gasteiger partial charge in [-0.1, -0.05) is 58.4 Å². The number of aryl methyl sites for hydroxylation is 1. The van der Waals surface area contributed by atoms with Gasteiger partial charge in [0.1, 0.15) is 18.1 Å². The van der Waals surface area contributed by atoms with Crippen LogP contribution in [0.2, 0.25) is 0 Å². The van der Waals surface area contributed by atoms with E-state index >= 15 is 0 Å². The zero-order valence-electron chi connectivity index (χ0n) is 20.6. The number of hydrogen-bond acceptors (Lipinski definition) is 5. The Morgan fingerprint density at radius 1 is 1.03 bits per heavy atom. The lowest BCUT2D eigenvalue weighted by Crippen LogP contribution is -2.35. The Morgan fingerprint density at radius 2 is 1.78 bits per heavy atom. The van der Waals surface area contributed by atoms with Crippen LogP contribution in [0, 0.1) is 6.92 Å². The van der Waals surface area contributed by atoms with E-state index in [9.17, 15) is 14.7 Å². The van der Waals surface area contributed by atoms with Gasteiger partial charge in [0.25, 0.3) is 11.7 Å². The molecular weight excluding hydrogens is 520 g/mol. The molecule has 1 aliphatic rings. The number of aliphatic hydroxyl groups excluding tert-OH is 1. The predicted octanol–water partition coefficient (Wildman–Crippen LogP) is 5.32. The van der Waals surface area contributed by atoms with Crippen molar-refractivity contribution in [3.05, 3.63) is 105 Å². The van der Waals surface area contributed by atoms with Gasteiger partial charge >= 0.3 is 0 Å². The summed E-state index contributed by atoms with van der Waals surface area (Å²) in [5.41, 5.74) is 3.18. The summed E-state index contributed by atoms with van der Waals surface area (Å²) in [5, 5.41) is 11.3. The first-order valence-corrected chi connectivity index (χ1v) is 12.5. The molecule has 3 aromatic carbocycles. The summed E-state index contributed by atoms with van der Waals surface area (Å²) in [6, 6.07) is 21.9. The van der Waals surface area contributed by atoms with Crippen molar-refractivity contribution >= 4 is 33.4 Å². The standard InChI is InChI=1S/C29H29BrN2O4/c1-19-16-22(12-13-24(19)36-18-20-8-5-4-6-9-20)27(33)25-26(21-10-7-11-23(30)17-21)32(15-14-31(2)3)29(35)28(25)34/h4-13,16-17,26,33H,14-15,18H2,1-3H3. The number of ketones is 1. The molecule has 0 radical (unpaired) electrons. The van der Waals surface area contributed by atoms with E-state index in [1.165, 1.54) is 0 Å². The Morgan fingerprint density at radius 3 is 2.44 bits per heavy atom. The smallest absolute Gasteiger partial charge is 0.295 e. The van der Waals surface area contributed by atoms with Crippen molar-refractivity contribution in [2.75, 3.05) is 27.2 Å². The number of benzene rings is 3. The van der Waals surface area contributed by atoms with Crippen LogP contribution < -0.4 is 4.74 Å². The van der Waals surface area contributed by atoms with E-state index in [4.69, 9.17) is 4.74 Å². The van der Waals surface area contributed by atoms with Crippen molar-refractivity contribution in [2.24, 2.45) is 0 Å². The van der Waals surface area contributed by atoms with Crippen molar-refractivity contribution in [3.63, 3.8) is 0 Å². The Balaban J connectivity index is 1.70. The fraction of sp³-hybridized carbons (Fsp3) is 0.241. The van der Waals surface area contributed by atoms with Crippen LogP contribution in [0.3, 0.4) is 0 Å². The molecule has 1 aliphatic heterocycles. The summed E-state index contributed by atoms with van der Waals surface area (Å²) >= 11 is 3.48. The number of halogens is 1. The number of likely N-dealkylation sites (tertiary alicyclic amines) is 1. The van der Waals surface area contributed by atoms with Crippen molar-refractivity contribution in [3.8, 4) is 5.75 Å². The molecule has 1 N–H and O–H groups in total. The molecule has 4 rings (SSSR count). The predicted molar refractivity (Wildman–Crippen MR) is 144 cm³/mol. The van der Waals surface area contributed by atoms with Crippen LogP contribution in [-0.2, 0) is 16.2 Å². The normalized spacial score (nSPS) is 17.1. The molecule has 0 aromatic heterocycles. The van der Waals surface area contributed by atoms with E-state index in [-0.39, 0.29) is 11.3 Å². The molecule has 0 spiro atoms. The molecule has 1 unspecified atom stereocenters. The van der Waals surface area contributed by atoms with E-state index in [1.54, 1.807) is 23.1 Å². The maximum atomic E-state index is 13.2. The average molecular weight is 549 g/mol. The van der Waals surface area contributed by atoms with Gasteiger partial charge in [-0.2, -0.15) is 0 Å². The number of ether oxygens (including phenoxy) is 1. The van der Waals surface area contributed by atoms with Gasteiger partial charge in [-0.25, -0.2) is 0 Å². The average Bonchev–Trinajstić information content (AvgIpc) is 3.11. The summed E-state index contributed by atoms with van der Waals surface area (Å²) in [4.78, 5) is 29.7. The lowest BCUT2D eigenvalue weighted by molar-refractivity contribution is -0.140. The zero-order valence-corrected chi connectivity index (χ0v) is 22.2. The van der Waals surface area contributed by atoms with Crippen molar-refractivity contribution in [2.45, 2.75) is 19.6 Å². The molecule has 3 aromatic rings. The molecule has 36 heavy (non-hydrogen) atoms. The van der Waals surface area contributed by atoms with Crippen molar-refractivity contribution in [1.82, 2.24) is 9.80 Å². The molecule has 1 amide bonds. The van der Waals surface area contributed by atoms with Gasteiger partial charge in [0, 0.05) is 23.1 Å². The molecule has 7 heteroatoms. The van der Waals surface area contributed by atoms with Crippen LogP contribution in [0.5, 0.6) is 5.75 Å². The summed E-state index contributed by atoms with van der Waals surface area (Å²) in [6.45, 7) is 3.26. The lowest BCUT2D eigenvalue weighted by atomic mass is 9.95. The highest BCUT2D eigenvalue weighted by Crippen LogP contribution is 2.40. The van der Waals surface area contributed by atoms with Crippen molar-refractivity contribution in [1.29, 1.82) is 0 Å². The fourth-order valence-corrected chi connectivity index (χ4v) is 4.71. The Kier molecular flexibility index (Phi) is 7.91. The maximum Gasteiger partial charge on any atom is 0.295 e. The van der Waals surface area contributed by atoms with E-state index < -0.39 is 17.7 Å². The number of rotatable bonds is 8. The number of nitrogens with zero attached hydrogens (tertiary/aromatic N) is 2. The second kappa shape index (κ2) is 11.1. The third-order valence-electron chi connectivity index (χ3n) is 6.18. The van der Waals surface area contributed by atoms with E-state index in [0.717, 1.165) is 21.2 Å². The minimum atomic E-state index is -0.684. The Labute approximate surface area is 219 Å². The number of carbonyl (C=O) groups excluding carboxylic acids is 2. The largest absolute Gasteiger partial charge is 0.507 e. The quantitative estimate of drug-likeness (QED) is 0.234. The topological polar surface area (TPSA) is 70.1 Å². The van der Waals surface area contributed by atoms with Gasteiger partial charge in [0.15, 0.2) is 0 Å². The van der Waals surface area contributed by atoms with Crippen LogP contribution >= 0.6 is 15.9 Å². The fourth-order valence-electron chi connectivity index (χ4n) is 4.29. The van der Waals surface area contributed by atoms with E-state index in [0.29, 0.717) is 31.0 Å². The number of aliphatic hydroxyl groups is 1. The third kappa shape index (κ3) is 5.53. The summed E-state index contributed by atoms with van der Waals surface area (Å²) in [7, 11) is 3.82. The minimum absolute atomic E-state index is 0.0919. The number of likely N-dealkylation sites (N-methyl/N-ethyl adjacent to an activating group) is 1. The summed E-state index contributed by atoms with van der Waals surface area (Å²) in [6.07, 6.45) is 0. The molecule has 1 heterocycles. The Bertz CT molecular complexity index is 1300. The molecule has 186 valence electrons. The van der Waals surface area contributed by atoms with Gasteiger partial charge in [0.2, 0.25) is 0 Å². The monoisotopic (exact) mass is 548 g/mol. The Hall–Kier alpha value is -3.42. The molecule has 1 fully saturated rings. The third-order valence-corrected chi connectivity index (χ3v) is 6.67. The molecule has 0 aliphatic carbocycles. The van der Waals surface area contributed by atoms with E-state index in [1.807, 2.05) is 80.5 Å². The molecule has 1 atom stereocenters. The highest BCUT2D eigenvalue weighted by atomic mass is 79.9. The molecule has 0 bridgehead atoms. The van der Waals surface area contributed by atoms with Crippen LogP contribution in [0.4, 0.5) is 0 Å². The highest BCUT2D eigenvalue weighted by Gasteiger charge is 2.45. The van der Waals surface area contributed by atoms with Gasteiger partial charge in [0.05, 0.1) is 11.6 Å². The molecule has 6 nitrogen and oxygen atoms in total. The van der Waals surface area contributed by atoms with Gasteiger partial charge in [-0.15, -0.1) is 0 Å². The number of hydrogen-bond donors (Lipinski definition) is 1. The second-order valence-electron chi connectivity index (χ2n) is 9.11. The molecular formula is C29H29BrN2O4. The van der Waals surface area contributed by atoms with Crippen LogP contribution in [0.15, 0.2) is 82.8 Å². The van der Waals surface area contributed by atoms with Crippen LogP contribution in [0.1, 0.15) is 28.3 Å². The summed E-state index contributed by atoms with van der Waals surface area (Å²) < 4.78 is 6.79. The van der Waals surface area contributed by atoms with Crippen LogP contribution in [-0.4, -0.2) is 53.8 Å². The second-order valence-corrected chi connectivity index (χ2v) is 10.0. The van der Waals surface area contributed by atoms with Gasteiger partial charge in [-0.05, 0) is 68.0 Å². The van der Waals surface area contributed by atoms with Gasteiger partial charge in [-0.3, -0.25) is 9.59 Å². The van der Waals surface area contributed by atoms with Crippen LogP contribution in [0.25, 0.3) is 5.76 Å². The zero-order chi connectivity index (χ0) is 25.8. The lowest BCUT2D eigenvalue weighted by Gasteiger charge is -2.26.